The second-order valence-electron chi connectivity index (χ2n) is 10.6. The highest BCUT2D eigenvalue weighted by molar-refractivity contribution is 7.99. The van der Waals surface area contributed by atoms with Crippen LogP contribution in [0.1, 0.15) is 71.3 Å². The van der Waals surface area contributed by atoms with Gasteiger partial charge in [0, 0.05) is 33.8 Å². The largest absolute Gasteiger partial charge is 0.349 e. The molecule has 43 heavy (non-hydrogen) atoms. The van der Waals surface area contributed by atoms with Crippen LogP contribution in [0.15, 0.2) is 51.4 Å². The number of amides is 1. The first kappa shape index (κ1) is 29.8. The number of halogens is 2. The molecule has 222 valence electrons. The lowest BCUT2D eigenvalue weighted by Crippen LogP contribution is -2.36. The Bertz CT molecular complexity index is 1710. The van der Waals surface area contributed by atoms with Gasteiger partial charge in [0.2, 0.25) is 5.16 Å². The number of benzene rings is 2. The molecule has 0 atom stereocenters. The molecule has 6 rings (SSSR count). The minimum atomic E-state index is -0.434. The van der Waals surface area contributed by atoms with E-state index in [4.69, 9.17) is 28.2 Å². The summed E-state index contributed by atoms with van der Waals surface area (Å²) in [7, 11) is 0. The molecule has 2 heterocycles. The SMILES string of the molecule is O=C(NC1CCCCC1)c1c(N=Cc2ccc(Sc3n[nH]c(-c4ccc(Cl)cc4Cl)n3)c([N+](=O)[O-])c2)sc2c1CCCC2. The average molecular weight is 656 g/mol. The van der Waals surface area contributed by atoms with Crippen molar-refractivity contribution in [3.63, 3.8) is 0 Å². The maximum atomic E-state index is 13.5. The standard InChI is InChI=1S/C30H28Cl2N6O3S2/c31-18-11-12-20(22(32)15-18)27-35-30(37-36-27)43-25-13-10-17(14-23(25)38(40)41)16-33-29-26(21-8-4-5-9-24(21)42-29)28(39)34-19-6-2-1-3-7-19/h10-16,19H,1-9H2,(H,34,39)(H,35,36,37). The molecule has 4 aromatic rings. The number of carbonyl (C=O) groups excluding carboxylic acids is 1. The normalized spacial score (nSPS) is 15.5. The lowest BCUT2D eigenvalue weighted by atomic mass is 9.93. The molecule has 1 amide bonds. The molecule has 0 bridgehead atoms. The molecular formula is C30H28Cl2N6O3S2. The quantitative estimate of drug-likeness (QED) is 0.111. The van der Waals surface area contributed by atoms with E-state index in [1.54, 1.807) is 47.9 Å². The van der Waals surface area contributed by atoms with E-state index in [0.717, 1.165) is 68.7 Å². The van der Waals surface area contributed by atoms with Gasteiger partial charge in [-0.25, -0.2) is 9.98 Å². The molecule has 0 spiro atoms. The summed E-state index contributed by atoms with van der Waals surface area (Å²) < 4.78 is 0. The van der Waals surface area contributed by atoms with Crippen LogP contribution in [0.5, 0.6) is 0 Å². The Morgan fingerprint density at radius 2 is 1.93 bits per heavy atom. The minimum absolute atomic E-state index is 0.0538. The van der Waals surface area contributed by atoms with Crippen molar-refractivity contribution in [3.05, 3.63) is 78.1 Å². The number of aliphatic imine (C=N–C) groups is 1. The number of nitro benzene ring substituents is 1. The molecule has 2 aliphatic carbocycles. The van der Waals surface area contributed by atoms with Crippen LogP contribution in [0.25, 0.3) is 11.4 Å². The summed E-state index contributed by atoms with van der Waals surface area (Å²) in [5, 5.41) is 24.2. The lowest BCUT2D eigenvalue weighted by Gasteiger charge is -2.23. The first-order valence-electron chi connectivity index (χ1n) is 14.2. The zero-order valence-electron chi connectivity index (χ0n) is 23.1. The molecule has 2 aromatic heterocycles. The fourth-order valence-corrected chi connectivity index (χ4v) is 8.08. The Balaban J connectivity index is 1.24. The van der Waals surface area contributed by atoms with Gasteiger partial charge in [0.25, 0.3) is 11.6 Å². The van der Waals surface area contributed by atoms with Crippen molar-refractivity contribution in [2.24, 2.45) is 4.99 Å². The zero-order valence-corrected chi connectivity index (χ0v) is 26.2. The van der Waals surface area contributed by atoms with E-state index in [-0.39, 0.29) is 17.6 Å². The van der Waals surface area contributed by atoms with E-state index < -0.39 is 4.92 Å². The Morgan fingerprint density at radius 3 is 2.72 bits per heavy atom. The van der Waals surface area contributed by atoms with Gasteiger partial charge in [-0.05, 0) is 85.7 Å². The molecular weight excluding hydrogens is 627 g/mol. The van der Waals surface area contributed by atoms with E-state index in [2.05, 4.69) is 20.5 Å². The molecule has 0 radical (unpaired) electrons. The smallest absolute Gasteiger partial charge is 0.283 e. The number of nitrogens with zero attached hydrogens (tertiary/aromatic N) is 4. The van der Waals surface area contributed by atoms with E-state index in [1.807, 2.05) is 0 Å². The third-order valence-corrected chi connectivity index (χ3v) is 10.4. The minimum Gasteiger partial charge on any atom is -0.349 e. The van der Waals surface area contributed by atoms with Gasteiger partial charge in [-0.1, -0.05) is 48.5 Å². The highest BCUT2D eigenvalue weighted by atomic mass is 35.5. The number of hydrogen-bond acceptors (Lipinski definition) is 8. The van der Waals surface area contributed by atoms with Crippen LogP contribution >= 0.6 is 46.3 Å². The first-order chi connectivity index (χ1) is 20.9. The molecule has 1 saturated carbocycles. The molecule has 2 N–H and O–H groups in total. The number of nitro groups is 1. The predicted octanol–water partition coefficient (Wildman–Crippen LogP) is 8.59. The van der Waals surface area contributed by atoms with E-state index in [0.29, 0.717) is 47.6 Å². The van der Waals surface area contributed by atoms with Gasteiger partial charge < -0.3 is 5.32 Å². The zero-order chi connectivity index (χ0) is 29.9. The van der Waals surface area contributed by atoms with Crippen LogP contribution in [0, 0.1) is 10.1 Å². The van der Waals surface area contributed by atoms with Crippen molar-refractivity contribution in [1.29, 1.82) is 0 Å². The van der Waals surface area contributed by atoms with Crippen molar-refractivity contribution in [2.75, 3.05) is 0 Å². The summed E-state index contributed by atoms with van der Waals surface area (Å²) in [5.74, 6) is 0.375. The van der Waals surface area contributed by atoms with Gasteiger partial charge in [-0.2, -0.15) is 0 Å². The van der Waals surface area contributed by atoms with E-state index in [1.165, 1.54) is 17.4 Å². The number of rotatable bonds is 8. The lowest BCUT2D eigenvalue weighted by molar-refractivity contribution is -0.387. The summed E-state index contributed by atoms with van der Waals surface area (Å²) in [4.78, 5) is 35.8. The molecule has 0 saturated heterocycles. The number of carbonyl (C=O) groups is 1. The topological polar surface area (TPSA) is 126 Å². The first-order valence-corrected chi connectivity index (χ1v) is 16.6. The fourth-order valence-electron chi connectivity index (χ4n) is 5.55. The van der Waals surface area contributed by atoms with Gasteiger partial charge in [0.05, 0.1) is 20.4 Å². The number of aromatic nitrogens is 3. The van der Waals surface area contributed by atoms with Crippen molar-refractivity contribution in [1.82, 2.24) is 20.5 Å². The molecule has 0 unspecified atom stereocenters. The molecule has 1 fully saturated rings. The number of nitrogens with one attached hydrogen (secondary N) is 2. The maximum absolute atomic E-state index is 13.5. The van der Waals surface area contributed by atoms with Crippen molar-refractivity contribution < 1.29 is 9.72 Å². The molecule has 2 aromatic carbocycles. The van der Waals surface area contributed by atoms with Gasteiger partial charge in [0.1, 0.15) is 5.00 Å². The van der Waals surface area contributed by atoms with Crippen LogP contribution in [0.3, 0.4) is 0 Å². The van der Waals surface area contributed by atoms with Crippen molar-refractivity contribution in [2.45, 2.75) is 73.9 Å². The summed E-state index contributed by atoms with van der Waals surface area (Å²) in [6, 6.07) is 10.1. The highest BCUT2D eigenvalue weighted by Crippen LogP contribution is 2.41. The van der Waals surface area contributed by atoms with Crippen molar-refractivity contribution >= 4 is 69.1 Å². The Morgan fingerprint density at radius 1 is 1.12 bits per heavy atom. The van der Waals surface area contributed by atoms with Crippen LogP contribution in [0.4, 0.5) is 10.7 Å². The molecule has 0 aliphatic heterocycles. The summed E-state index contributed by atoms with van der Waals surface area (Å²) in [5.41, 5.74) is 2.87. The summed E-state index contributed by atoms with van der Waals surface area (Å²) in [6.07, 6.45) is 11.1. The van der Waals surface area contributed by atoms with Crippen LogP contribution in [-0.2, 0) is 12.8 Å². The van der Waals surface area contributed by atoms with Crippen LogP contribution in [0.2, 0.25) is 10.0 Å². The number of fused-ring (bicyclic) bond motifs is 1. The number of aryl methyl sites for hydroxylation is 1. The van der Waals surface area contributed by atoms with E-state index >= 15 is 0 Å². The van der Waals surface area contributed by atoms with Gasteiger partial charge in [-0.3, -0.25) is 20.0 Å². The Labute approximate surface area is 266 Å². The van der Waals surface area contributed by atoms with Gasteiger partial charge in [-0.15, -0.1) is 16.4 Å². The molecule has 2 aliphatic rings. The highest BCUT2D eigenvalue weighted by Gasteiger charge is 2.27. The van der Waals surface area contributed by atoms with Crippen LogP contribution in [-0.4, -0.2) is 38.3 Å². The Kier molecular flexibility index (Phi) is 9.13. The molecule has 13 heteroatoms. The fraction of sp³-hybridized carbons (Fsp3) is 0.333. The second kappa shape index (κ2) is 13.2. The third kappa shape index (κ3) is 6.80. The van der Waals surface area contributed by atoms with Crippen molar-refractivity contribution in [3.8, 4) is 11.4 Å². The average Bonchev–Trinajstić information content (AvgIpc) is 3.61. The number of thiophene rings is 1. The Hall–Kier alpha value is -3.25. The second-order valence-corrected chi connectivity index (χ2v) is 13.6. The number of hydrogen-bond donors (Lipinski definition) is 2. The number of H-pyrrole nitrogens is 1. The number of aromatic amines is 1. The predicted molar refractivity (Wildman–Crippen MR) is 172 cm³/mol. The summed E-state index contributed by atoms with van der Waals surface area (Å²) >= 11 is 14.9. The van der Waals surface area contributed by atoms with Gasteiger partial charge >= 0.3 is 0 Å². The van der Waals surface area contributed by atoms with Gasteiger partial charge in [0.15, 0.2) is 5.82 Å². The third-order valence-electron chi connectivity index (χ3n) is 7.68. The van der Waals surface area contributed by atoms with E-state index in [9.17, 15) is 14.9 Å². The monoisotopic (exact) mass is 654 g/mol. The molecule has 9 nitrogen and oxygen atoms in total. The maximum Gasteiger partial charge on any atom is 0.283 e. The summed E-state index contributed by atoms with van der Waals surface area (Å²) in [6.45, 7) is 0. The van der Waals surface area contributed by atoms with Crippen LogP contribution < -0.4 is 5.32 Å².